The highest BCUT2D eigenvalue weighted by molar-refractivity contribution is 7.71. The molecule has 2 aromatic heterocycles. The standard InChI is InChI=1S/C15H19N5S/c1-5-19-14-13(10(2)17-19)16-15(21)20(14)12-9-7-6-8-11(12)18(3)4/h6-9H,5H2,1-4H3,(H,16,21). The quantitative estimate of drug-likeness (QED) is 0.755. The second kappa shape index (κ2) is 5.04. The number of hydrogen-bond acceptors (Lipinski definition) is 3. The summed E-state index contributed by atoms with van der Waals surface area (Å²) in [4.78, 5) is 5.38. The first kappa shape index (κ1) is 13.9. The highest BCUT2D eigenvalue weighted by Gasteiger charge is 2.17. The molecule has 0 aliphatic carbocycles. The number of aromatic nitrogens is 4. The van der Waals surface area contributed by atoms with Crippen LogP contribution in [0.2, 0.25) is 0 Å². The van der Waals surface area contributed by atoms with E-state index in [9.17, 15) is 0 Å². The van der Waals surface area contributed by atoms with Crippen LogP contribution in [0.4, 0.5) is 5.69 Å². The van der Waals surface area contributed by atoms with Gasteiger partial charge >= 0.3 is 0 Å². The van der Waals surface area contributed by atoms with E-state index >= 15 is 0 Å². The molecule has 0 saturated heterocycles. The Morgan fingerprint density at radius 2 is 2.00 bits per heavy atom. The lowest BCUT2D eigenvalue weighted by Crippen LogP contribution is -2.13. The average molecular weight is 301 g/mol. The molecule has 0 radical (unpaired) electrons. The van der Waals surface area contributed by atoms with Gasteiger partial charge in [0.25, 0.3) is 0 Å². The van der Waals surface area contributed by atoms with E-state index in [4.69, 9.17) is 12.2 Å². The summed E-state index contributed by atoms with van der Waals surface area (Å²) in [6, 6.07) is 8.24. The van der Waals surface area contributed by atoms with Crippen molar-refractivity contribution in [2.75, 3.05) is 19.0 Å². The number of benzene rings is 1. The largest absolute Gasteiger partial charge is 0.376 e. The summed E-state index contributed by atoms with van der Waals surface area (Å²) in [5, 5.41) is 4.57. The number of para-hydroxylation sites is 2. The first-order valence-corrected chi connectivity index (χ1v) is 7.40. The molecule has 0 saturated carbocycles. The van der Waals surface area contributed by atoms with Crippen molar-refractivity contribution in [3.05, 3.63) is 34.7 Å². The van der Waals surface area contributed by atoms with Gasteiger partial charge in [0.05, 0.1) is 17.1 Å². The van der Waals surface area contributed by atoms with Gasteiger partial charge in [0.2, 0.25) is 0 Å². The predicted octanol–water partition coefficient (Wildman–Crippen LogP) is 3.28. The minimum atomic E-state index is 0.696. The van der Waals surface area contributed by atoms with Crippen molar-refractivity contribution in [2.45, 2.75) is 20.4 Å². The van der Waals surface area contributed by atoms with Gasteiger partial charge in [-0.2, -0.15) is 5.10 Å². The van der Waals surface area contributed by atoms with Crippen molar-refractivity contribution in [3.63, 3.8) is 0 Å². The summed E-state index contributed by atoms with van der Waals surface area (Å²) >= 11 is 5.55. The van der Waals surface area contributed by atoms with E-state index in [0.29, 0.717) is 4.77 Å². The predicted molar refractivity (Wildman–Crippen MR) is 89.0 cm³/mol. The highest BCUT2D eigenvalue weighted by atomic mass is 32.1. The molecule has 1 N–H and O–H groups in total. The monoisotopic (exact) mass is 301 g/mol. The minimum Gasteiger partial charge on any atom is -0.376 e. The third-order valence-electron chi connectivity index (χ3n) is 3.65. The van der Waals surface area contributed by atoms with Crippen LogP contribution in [0.1, 0.15) is 12.6 Å². The molecule has 3 aromatic rings. The third kappa shape index (κ3) is 2.06. The molecular weight excluding hydrogens is 282 g/mol. The molecular formula is C15H19N5S. The fourth-order valence-electron chi connectivity index (χ4n) is 2.68. The number of nitrogens with one attached hydrogen (secondary N) is 1. The van der Waals surface area contributed by atoms with Gasteiger partial charge < -0.3 is 9.88 Å². The Morgan fingerprint density at radius 3 is 2.67 bits per heavy atom. The maximum absolute atomic E-state index is 5.55. The molecule has 21 heavy (non-hydrogen) atoms. The zero-order chi connectivity index (χ0) is 15.1. The van der Waals surface area contributed by atoms with Crippen molar-refractivity contribution >= 4 is 29.1 Å². The smallest absolute Gasteiger partial charge is 0.184 e. The summed E-state index contributed by atoms with van der Waals surface area (Å²) < 4.78 is 4.76. The lowest BCUT2D eigenvalue weighted by Gasteiger charge is -2.18. The normalized spacial score (nSPS) is 11.2. The molecule has 0 aliphatic rings. The van der Waals surface area contributed by atoms with Gasteiger partial charge in [0.1, 0.15) is 5.52 Å². The molecule has 6 heteroatoms. The molecule has 110 valence electrons. The number of fused-ring (bicyclic) bond motifs is 1. The average Bonchev–Trinajstić information content (AvgIpc) is 2.95. The highest BCUT2D eigenvalue weighted by Crippen LogP contribution is 2.28. The Labute approximate surface area is 128 Å². The third-order valence-corrected chi connectivity index (χ3v) is 3.94. The summed E-state index contributed by atoms with van der Waals surface area (Å²) in [6.07, 6.45) is 0. The molecule has 0 amide bonds. The van der Waals surface area contributed by atoms with Crippen molar-refractivity contribution < 1.29 is 0 Å². The number of H-pyrrole nitrogens is 1. The molecule has 0 unspecified atom stereocenters. The van der Waals surface area contributed by atoms with Crippen LogP contribution in [-0.4, -0.2) is 33.4 Å². The topological polar surface area (TPSA) is 41.8 Å². The molecule has 5 nitrogen and oxygen atoms in total. The van der Waals surface area contributed by atoms with Gasteiger partial charge in [0, 0.05) is 20.6 Å². The van der Waals surface area contributed by atoms with E-state index in [0.717, 1.165) is 34.8 Å². The minimum absolute atomic E-state index is 0.696. The lowest BCUT2D eigenvalue weighted by atomic mass is 10.2. The van der Waals surface area contributed by atoms with Crippen LogP contribution in [0.15, 0.2) is 24.3 Å². The molecule has 0 fully saturated rings. The van der Waals surface area contributed by atoms with Crippen LogP contribution >= 0.6 is 12.2 Å². The molecule has 0 atom stereocenters. The van der Waals surface area contributed by atoms with E-state index < -0.39 is 0 Å². The van der Waals surface area contributed by atoms with E-state index in [1.165, 1.54) is 0 Å². The van der Waals surface area contributed by atoms with Crippen LogP contribution in [0.25, 0.3) is 16.9 Å². The zero-order valence-corrected chi connectivity index (χ0v) is 13.5. The molecule has 0 spiro atoms. The lowest BCUT2D eigenvalue weighted by molar-refractivity contribution is 0.661. The Kier molecular flexibility index (Phi) is 3.33. The Morgan fingerprint density at radius 1 is 1.29 bits per heavy atom. The fourth-order valence-corrected chi connectivity index (χ4v) is 2.96. The Balaban J connectivity index is 2.41. The summed E-state index contributed by atoms with van der Waals surface area (Å²) in [5.74, 6) is 0. The summed E-state index contributed by atoms with van der Waals surface area (Å²) in [7, 11) is 4.07. The molecule has 0 aliphatic heterocycles. The fraction of sp³-hybridized carbons (Fsp3) is 0.333. The second-order valence-corrected chi connectivity index (χ2v) is 5.64. The van der Waals surface area contributed by atoms with Crippen LogP contribution in [-0.2, 0) is 6.54 Å². The molecule has 0 bridgehead atoms. The summed E-state index contributed by atoms with van der Waals surface area (Å²) in [6.45, 7) is 4.90. The first-order valence-electron chi connectivity index (χ1n) is 6.99. The van der Waals surface area contributed by atoms with Gasteiger partial charge in [-0.25, -0.2) is 4.68 Å². The van der Waals surface area contributed by atoms with Crippen molar-refractivity contribution in [1.29, 1.82) is 0 Å². The van der Waals surface area contributed by atoms with Crippen molar-refractivity contribution in [2.24, 2.45) is 0 Å². The van der Waals surface area contributed by atoms with Crippen LogP contribution in [0.3, 0.4) is 0 Å². The zero-order valence-electron chi connectivity index (χ0n) is 12.7. The number of hydrogen-bond donors (Lipinski definition) is 1. The molecule has 2 heterocycles. The second-order valence-electron chi connectivity index (χ2n) is 5.25. The number of imidazole rings is 1. The van der Waals surface area contributed by atoms with E-state index in [-0.39, 0.29) is 0 Å². The maximum Gasteiger partial charge on any atom is 0.184 e. The summed E-state index contributed by atoms with van der Waals surface area (Å²) in [5.41, 5.74) is 5.19. The van der Waals surface area contributed by atoms with Gasteiger partial charge in [-0.3, -0.25) is 4.57 Å². The van der Waals surface area contributed by atoms with Crippen LogP contribution < -0.4 is 4.90 Å². The van der Waals surface area contributed by atoms with Crippen molar-refractivity contribution in [1.82, 2.24) is 19.3 Å². The van der Waals surface area contributed by atoms with E-state index in [1.54, 1.807) is 0 Å². The molecule has 1 aromatic carbocycles. The number of anilines is 1. The molecule has 3 rings (SSSR count). The van der Waals surface area contributed by atoms with Crippen LogP contribution in [0, 0.1) is 11.7 Å². The van der Waals surface area contributed by atoms with Gasteiger partial charge in [-0.1, -0.05) is 12.1 Å². The first-order chi connectivity index (χ1) is 10.0. The number of nitrogens with zero attached hydrogens (tertiary/aromatic N) is 4. The van der Waals surface area contributed by atoms with E-state index in [2.05, 4.69) is 38.6 Å². The van der Waals surface area contributed by atoms with Gasteiger partial charge in [-0.15, -0.1) is 0 Å². The number of aryl methyl sites for hydroxylation is 2. The number of aromatic amines is 1. The Hall–Kier alpha value is -2.08. The van der Waals surface area contributed by atoms with Gasteiger partial charge in [-0.05, 0) is 38.2 Å². The number of rotatable bonds is 3. The SMILES string of the molecule is CCn1nc(C)c2[nH]c(=S)n(-c3ccccc3N(C)C)c21. The van der Waals surface area contributed by atoms with Gasteiger partial charge in [0.15, 0.2) is 10.4 Å². The van der Waals surface area contributed by atoms with E-state index in [1.807, 2.05) is 37.8 Å². The van der Waals surface area contributed by atoms with Crippen molar-refractivity contribution in [3.8, 4) is 5.69 Å². The Bertz CT molecular complexity index is 853. The maximum atomic E-state index is 5.55. The van der Waals surface area contributed by atoms with Crippen LogP contribution in [0.5, 0.6) is 0 Å².